The van der Waals surface area contributed by atoms with E-state index in [1.807, 2.05) is 6.07 Å². The highest BCUT2D eigenvalue weighted by Crippen LogP contribution is 2.34. The molecule has 1 aromatic rings. The minimum absolute atomic E-state index is 0.114. The van der Waals surface area contributed by atoms with E-state index in [4.69, 9.17) is 27.0 Å². The van der Waals surface area contributed by atoms with E-state index >= 15 is 0 Å². The number of ether oxygens (including phenoxy) is 2. The zero-order valence-electron chi connectivity index (χ0n) is 12.5. The molecule has 0 aliphatic carbocycles. The lowest BCUT2D eigenvalue weighted by molar-refractivity contribution is -0.305. The number of carboxylic acids is 1. The van der Waals surface area contributed by atoms with Crippen LogP contribution < -0.4 is 14.6 Å². The Morgan fingerprint density at radius 2 is 2.25 bits per heavy atom. The zero-order chi connectivity index (χ0) is 17.7. The highest BCUT2D eigenvalue weighted by atomic mass is 32.2. The fourth-order valence-corrected chi connectivity index (χ4v) is 3.18. The van der Waals surface area contributed by atoms with E-state index in [9.17, 15) is 14.7 Å². The van der Waals surface area contributed by atoms with Gasteiger partial charge >= 0.3 is 0 Å². The third kappa shape index (κ3) is 4.04. The molecular weight excluding hydrogens is 352 g/mol. The highest BCUT2D eigenvalue weighted by Gasteiger charge is 2.31. The number of nitriles is 1. The van der Waals surface area contributed by atoms with Gasteiger partial charge in [0.15, 0.2) is 18.1 Å². The van der Waals surface area contributed by atoms with Crippen molar-refractivity contribution in [3.05, 3.63) is 28.7 Å². The van der Waals surface area contributed by atoms with Crippen LogP contribution in [0.3, 0.4) is 0 Å². The van der Waals surface area contributed by atoms with Gasteiger partial charge in [0, 0.05) is 0 Å². The van der Waals surface area contributed by atoms with Crippen molar-refractivity contribution in [2.45, 2.75) is 0 Å². The number of carbonyl (C=O) groups excluding carboxylic acids is 2. The second-order valence-corrected chi connectivity index (χ2v) is 6.17. The normalized spacial score (nSPS) is 15.5. The number of methoxy groups -OCH3 is 1. The maximum atomic E-state index is 12.2. The fourth-order valence-electron chi connectivity index (χ4n) is 1.92. The summed E-state index contributed by atoms with van der Waals surface area (Å²) in [6.45, 7) is -0.691. The number of benzene rings is 1. The first-order valence-electron chi connectivity index (χ1n) is 6.59. The molecule has 0 unspecified atom stereocenters. The lowest BCUT2D eigenvalue weighted by Gasteiger charge is -2.14. The van der Waals surface area contributed by atoms with Crippen LogP contribution in [-0.2, 0) is 9.59 Å². The first-order chi connectivity index (χ1) is 11.5. The van der Waals surface area contributed by atoms with Crippen LogP contribution in [0.15, 0.2) is 23.1 Å². The zero-order valence-corrected chi connectivity index (χ0v) is 14.1. The van der Waals surface area contributed by atoms with Crippen LogP contribution in [0.25, 0.3) is 6.08 Å². The number of aliphatic carboxylic acids is 1. The summed E-state index contributed by atoms with van der Waals surface area (Å²) in [5.41, 5.74) is 0.644. The average molecular weight is 363 g/mol. The van der Waals surface area contributed by atoms with Crippen LogP contribution >= 0.6 is 24.0 Å². The van der Waals surface area contributed by atoms with Crippen LogP contribution in [-0.4, -0.2) is 41.4 Å². The van der Waals surface area contributed by atoms with Crippen molar-refractivity contribution in [3.63, 3.8) is 0 Å². The van der Waals surface area contributed by atoms with Gasteiger partial charge in [-0.05, 0) is 23.8 Å². The number of thioether (sulfide) groups is 1. The predicted octanol–water partition coefficient (Wildman–Crippen LogP) is 0.549. The Morgan fingerprint density at radius 3 is 2.88 bits per heavy atom. The Bertz CT molecular complexity index is 770. The third-order valence-electron chi connectivity index (χ3n) is 2.94. The Labute approximate surface area is 147 Å². The van der Waals surface area contributed by atoms with E-state index in [1.165, 1.54) is 7.11 Å². The molecule has 2 rings (SSSR count). The van der Waals surface area contributed by atoms with Gasteiger partial charge in [0.2, 0.25) is 0 Å². The van der Waals surface area contributed by atoms with Gasteiger partial charge in [-0.1, -0.05) is 30.0 Å². The molecule has 1 saturated heterocycles. The van der Waals surface area contributed by atoms with Gasteiger partial charge in [-0.25, -0.2) is 0 Å². The number of rotatable bonds is 6. The molecule has 124 valence electrons. The number of carboxylic acid groups (broad SMARTS) is 1. The lowest BCUT2D eigenvalue weighted by Crippen LogP contribution is -2.40. The molecule has 1 amide bonds. The standard InChI is InChI=1S/C15H12N2O5S2/c1-21-11-6-9(2-3-10(11)22-5-4-16)7-12-14(20)17(8-13(18)19)15(23)24-12/h2-3,6-7H,5,8H2,1H3,(H,18,19)/p-1/b12-7-. The van der Waals surface area contributed by atoms with Gasteiger partial charge in [0.25, 0.3) is 5.91 Å². The number of hydrogen-bond donors (Lipinski definition) is 0. The molecule has 1 aliphatic rings. The number of nitrogens with zero attached hydrogens (tertiary/aromatic N) is 2. The van der Waals surface area contributed by atoms with Crippen LogP contribution in [0.5, 0.6) is 11.5 Å². The van der Waals surface area contributed by atoms with Gasteiger partial charge in [-0.2, -0.15) is 5.26 Å². The molecular formula is C15H11N2O5S2-. The van der Waals surface area contributed by atoms with E-state index in [0.717, 1.165) is 16.7 Å². The van der Waals surface area contributed by atoms with Crippen molar-refractivity contribution in [3.8, 4) is 17.6 Å². The van der Waals surface area contributed by atoms with Crippen molar-refractivity contribution in [2.24, 2.45) is 0 Å². The molecule has 24 heavy (non-hydrogen) atoms. The minimum atomic E-state index is -1.38. The maximum Gasteiger partial charge on any atom is 0.266 e. The smallest absolute Gasteiger partial charge is 0.266 e. The molecule has 7 nitrogen and oxygen atoms in total. The monoisotopic (exact) mass is 363 g/mol. The van der Waals surface area contributed by atoms with Gasteiger partial charge < -0.3 is 19.4 Å². The van der Waals surface area contributed by atoms with Crippen LogP contribution in [0.4, 0.5) is 0 Å². The molecule has 9 heteroatoms. The Morgan fingerprint density at radius 1 is 1.50 bits per heavy atom. The average Bonchev–Trinajstić information content (AvgIpc) is 2.80. The molecule has 1 heterocycles. The van der Waals surface area contributed by atoms with Crippen LogP contribution in [0, 0.1) is 11.3 Å². The number of hydrogen-bond acceptors (Lipinski definition) is 8. The summed E-state index contributed by atoms with van der Waals surface area (Å²) in [5, 5.41) is 19.2. The molecule has 1 aromatic carbocycles. The van der Waals surface area contributed by atoms with Crippen LogP contribution in [0.1, 0.15) is 5.56 Å². The molecule has 0 aromatic heterocycles. The summed E-state index contributed by atoms with van der Waals surface area (Å²) >= 11 is 6.02. The minimum Gasteiger partial charge on any atom is -0.548 e. The topological polar surface area (TPSA) is 103 Å². The van der Waals surface area contributed by atoms with E-state index in [2.05, 4.69) is 0 Å². The third-order valence-corrected chi connectivity index (χ3v) is 4.32. The Kier molecular flexibility index (Phi) is 5.78. The van der Waals surface area contributed by atoms with Gasteiger partial charge in [0.1, 0.15) is 10.4 Å². The van der Waals surface area contributed by atoms with Crippen molar-refractivity contribution >= 4 is 46.3 Å². The van der Waals surface area contributed by atoms with Gasteiger partial charge in [0.05, 0.1) is 24.5 Å². The van der Waals surface area contributed by atoms with Gasteiger partial charge in [-0.15, -0.1) is 0 Å². The highest BCUT2D eigenvalue weighted by molar-refractivity contribution is 8.26. The van der Waals surface area contributed by atoms with E-state index < -0.39 is 18.4 Å². The van der Waals surface area contributed by atoms with Crippen molar-refractivity contribution < 1.29 is 24.2 Å². The predicted molar refractivity (Wildman–Crippen MR) is 89.0 cm³/mol. The van der Waals surface area contributed by atoms with Gasteiger partial charge in [-0.3, -0.25) is 9.69 Å². The van der Waals surface area contributed by atoms with Crippen LogP contribution in [0.2, 0.25) is 0 Å². The molecule has 0 atom stereocenters. The Hall–Kier alpha value is -2.57. The summed E-state index contributed by atoms with van der Waals surface area (Å²) in [6, 6.07) is 6.79. The molecule has 0 spiro atoms. The Balaban J connectivity index is 2.25. The lowest BCUT2D eigenvalue weighted by atomic mass is 10.2. The van der Waals surface area contributed by atoms with E-state index in [0.29, 0.717) is 22.0 Å². The van der Waals surface area contributed by atoms with E-state index in [-0.39, 0.29) is 10.9 Å². The molecule has 1 aliphatic heterocycles. The maximum absolute atomic E-state index is 12.2. The quantitative estimate of drug-likeness (QED) is 0.533. The largest absolute Gasteiger partial charge is 0.548 e. The number of thiocarbonyl (C=S) groups is 1. The molecule has 0 N–H and O–H groups in total. The summed E-state index contributed by atoms with van der Waals surface area (Å²) in [5.74, 6) is -1.06. The SMILES string of the molecule is COc1cc(/C=C2\SC(=S)N(CC(=O)[O-])C2=O)ccc1OCC#N. The summed E-state index contributed by atoms with van der Waals surface area (Å²) in [4.78, 5) is 24.1. The fraction of sp³-hybridized carbons (Fsp3) is 0.200. The molecule has 1 fully saturated rings. The second-order valence-electron chi connectivity index (χ2n) is 4.50. The summed E-state index contributed by atoms with van der Waals surface area (Å²) in [6.07, 6.45) is 1.57. The van der Waals surface area contributed by atoms with E-state index in [1.54, 1.807) is 24.3 Å². The molecule has 0 bridgehead atoms. The molecule has 0 radical (unpaired) electrons. The summed E-state index contributed by atoms with van der Waals surface area (Å²) in [7, 11) is 1.46. The first kappa shape index (κ1) is 17.8. The second kappa shape index (κ2) is 7.81. The van der Waals surface area contributed by atoms with Crippen molar-refractivity contribution in [1.82, 2.24) is 4.90 Å². The number of amides is 1. The number of carbonyl (C=O) groups is 2. The van der Waals surface area contributed by atoms with Crippen molar-refractivity contribution in [1.29, 1.82) is 5.26 Å². The first-order valence-corrected chi connectivity index (χ1v) is 7.81. The van der Waals surface area contributed by atoms with Crippen molar-refractivity contribution in [2.75, 3.05) is 20.3 Å². The molecule has 0 saturated carbocycles. The summed E-state index contributed by atoms with van der Waals surface area (Å²) < 4.78 is 10.6.